The van der Waals surface area contributed by atoms with Crippen molar-refractivity contribution in [2.75, 3.05) is 6.54 Å². The Labute approximate surface area is 108 Å². The van der Waals surface area contributed by atoms with Crippen molar-refractivity contribution in [3.8, 4) is 0 Å². The highest BCUT2D eigenvalue weighted by Gasteiger charge is 2.64. The minimum atomic E-state index is 0.392. The molecule has 96 valence electrons. The summed E-state index contributed by atoms with van der Waals surface area (Å²) in [4.78, 5) is 4.57. The summed E-state index contributed by atoms with van der Waals surface area (Å²) in [6, 6.07) is 0.592. The number of nitrogens with two attached hydrogens (primary N) is 1. The number of nitrogens with zero attached hydrogens (tertiary/aromatic N) is 1. The van der Waals surface area contributed by atoms with E-state index in [-0.39, 0.29) is 0 Å². The number of hydrogen-bond acceptors (Lipinski definition) is 4. The molecule has 4 heteroatoms. The molecule has 0 aliphatic heterocycles. The fourth-order valence-corrected chi connectivity index (χ4v) is 3.40. The molecular formula is C13H23N3S. The zero-order valence-electron chi connectivity index (χ0n) is 11.2. The van der Waals surface area contributed by atoms with Gasteiger partial charge in [0.2, 0.25) is 0 Å². The van der Waals surface area contributed by atoms with Gasteiger partial charge in [0.25, 0.3) is 0 Å². The minimum Gasteiger partial charge on any atom is -0.330 e. The van der Waals surface area contributed by atoms with E-state index in [1.807, 2.05) is 0 Å². The SMILES string of the molecule is CC1(C)C(NCc2csc(CCN)n2)C1(C)C. The van der Waals surface area contributed by atoms with Gasteiger partial charge in [0.15, 0.2) is 0 Å². The average molecular weight is 253 g/mol. The van der Waals surface area contributed by atoms with Gasteiger partial charge >= 0.3 is 0 Å². The number of hydrogen-bond donors (Lipinski definition) is 2. The van der Waals surface area contributed by atoms with E-state index in [1.165, 1.54) is 0 Å². The Morgan fingerprint density at radius 3 is 2.53 bits per heavy atom. The first-order valence-corrected chi connectivity index (χ1v) is 7.14. The second kappa shape index (κ2) is 4.34. The van der Waals surface area contributed by atoms with E-state index in [0.717, 1.165) is 23.7 Å². The van der Waals surface area contributed by atoms with Crippen LogP contribution in [0.15, 0.2) is 5.38 Å². The third-order valence-corrected chi connectivity index (χ3v) is 5.42. The quantitative estimate of drug-likeness (QED) is 0.845. The van der Waals surface area contributed by atoms with Gasteiger partial charge in [0.1, 0.15) is 0 Å². The zero-order chi connectivity index (χ0) is 12.7. The summed E-state index contributed by atoms with van der Waals surface area (Å²) in [5.41, 5.74) is 7.46. The van der Waals surface area contributed by atoms with Gasteiger partial charge < -0.3 is 11.1 Å². The molecule has 0 radical (unpaired) electrons. The normalized spacial score (nSPS) is 21.7. The van der Waals surface area contributed by atoms with Gasteiger partial charge in [-0.15, -0.1) is 11.3 Å². The van der Waals surface area contributed by atoms with E-state index in [4.69, 9.17) is 5.73 Å². The molecule has 17 heavy (non-hydrogen) atoms. The highest BCUT2D eigenvalue weighted by Crippen LogP contribution is 2.62. The summed E-state index contributed by atoms with van der Waals surface area (Å²) in [6.45, 7) is 10.9. The predicted molar refractivity (Wildman–Crippen MR) is 73.1 cm³/mol. The summed E-state index contributed by atoms with van der Waals surface area (Å²) in [6.07, 6.45) is 0.894. The molecule has 1 aromatic rings. The first-order chi connectivity index (χ1) is 7.89. The lowest BCUT2D eigenvalue weighted by Crippen LogP contribution is -2.21. The molecule has 1 heterocycles. The van der Waals surface area contributed by atoms with Crippen molar-refractivity contribution < 1.29 is 0 Å². The van der Waals surface area contributed by atoms with E-state index >= 15 is 0 Å². The van der Waals surface area contributed by atoms with Crippen LogP contribution in [0.1, 0.15) is 38.4 Å². The molecule has 0 bridgehead atoms. The van der Waals surface area contributed by atoms with Crippen LogP contribution in [0.25, 0.3) is 0 Å². The molecule has 3 nitrogen and oxygen atoms in total. The van der Waals surface area contributed by atoms with Gasteiger partial charge in [-0.05, 0) is 17.4 Å². The minimum absolute atomic E-state index is 0.392. The van der Waals surface area contributed by atoms with Gasteiger partial charge in [-0.1, -0.05) is 27.7 Å². The molecule has 0 atom stereocenters. The maximum atomic E-state index is 5.52. The first-order valence-electron chi connectivity index (χ1n) is 6.26. The summed E-state index contributed by atoms with van der Waals surface area (Å²) in [5, 5.41) is 6.91. The van der Waals surface area contributed by atoms with Gasteiger partial charge in [-0.2, -0.15) is 0 Å². The molecule has 3 N–H and O–H groups in total. The smallest absolute Gasteiger partial charge is 0.0941 e. The number of aromatic nitrogens is 1. The topological polar surface area (TPSA) is 50.9 Å². The van der Waals surface area contributed by atoms with Crippen LogP contribution in [0, 0.1) is 10.8 Å². The highest BCUT2D eigenvalue weighted by atomic mass is 32.1. The van der Waals surface area contributed by atoms with Crippen LogP contribution >= 0.6 is 11.3 Å². The zero-order valence-corrected chi connectivity index (χ0v) is 12.0. The molecule has 0 saturated heterocycles. The Balaban J connectivity index is 1.87. The second-order valence-corrected chi connectivity index (χ2v) is 6.97. The second-order valence-electron chi connectivity index (χ2n) is 6.03. The van der Waals surface area contributed by atoms with Gasteiger partial charge in [-0.3, -0.25) is 0 Å². The van der Waals surface area contributed by atoms with Gasteiger partial charge in [-0.25, -0.2) is 4.98 Å². The molecule has 1 aromatic heterocycles. The van der Waals surface area contributed by atoms with Crippen molar-refractivity contribution >= 4 is 11.3 Å². The highest BCUT2D eigenvalue weighted by molar-refractivity contribution is 7.09. The summed E-state index contributed by atoms with van der Waals surface area (Å²) < 4.78 is 0. The Kier molecular flexibility index (Phi) is 3.31. The van der Waals surface area contributed by atoms with Crippen LogP contribution in [0.3, 0.4) is 0 Å². The first kappa shape index (κ1) is 13.0. The third kappa shape index (κ3) is 2.26. The maximum absolute atomic E-state index is 5.52. The summed E-state index contributed by atoms with van der Waals surface area (Å²) in [7, 11) is 0. The standard InChI is InChI=1S/C13H23N3S/c1-12(2)11(13(12,3)4)15-7-9-8-17-10(16-9)5-6-14/h8,11,15H,5-7,14H2,1-4H3. The lowest BCUT2D eigenvalue weighted by molar-refractivity contribution is 0.457. The average Bonchev–Trinajstić information content (AvgIpc) is 2.59. The third-order valence-electron chi connectivity index (χ3n) is 4.47. The van der Waals surface area contributed by atoms with E-state index in [2.05, 4.69) is 43.4 Å². The molecule has 0 amide bonds. The molecule has 0 aromatic carbocycles. The Morgan fingerprint density at radius 1 is 1.35 bits per heavy atom. The molecular weight excluding hydrogens is 230 g/mol. The lowest BCUT2D eigenvalue weighted by atomic mass is 10.0. The van der Waals surface area contributed by atoms with Gasteiger partial charge in [0, 0.05) is 24.4 Å². The predicted octanol–water partition coefficient (Wildman–Crippen LogP) is 2.17. The van der Waals surface area contributed by atoms with Crippen molar-refractivity contribution in [1.82, 2.24) is 10.3 Å². The van der Waals surface area contributed by atoms with Crippen LogP contribution in [0.4, 0.5) is 0 Å². The van der Waals surface area contributed by atoms with E-state index in [1.54, 1.807) is 11.3 Å². The molecule has 0 unspecified atom stereocenters. The fourth-order valence-electron chi connectivity index (χ4n) is 2.58. The van der Waals surface area contributed by atoms with Crippen LogP contribution in [-0.2, 0) is 13.0 Å². The number of thiazole rings is 1. The Hall–Kier alpha value is -0.450. The lowest BCUT2D eigenvalue weighted by Gasteiger charge is -2.03. The molecule has 1 saturated carbocycles. The van der Waals surface area contributed by atoms with Gasteiger partial charge in [0.05, 0.1) is 10.7 Å². The van der Waals surface area contributed by atoms with Crippen LogP contribution in [0.2, 0.25) is 0 Å². The van der Waals surface area contributed by atoms with Crippen molar-refractivity contribution in [1.29, 1.82) is 0 Å². The molecule has 1 aliphatic carbocycles. The van der Waals surface area contributed by atoms with Crippen LogP contribution in [0.5, 0.6) is 0 Å². The van der Waals surface area contributed by atoms with Crippen molar-refractivity contribution in [3.63, 3.8) is 0 Å². The summed E-state index contributed by atoms with van der Waals surface area (Å²) in [5.74, 6) is 0. The molecule has 1 fully saturated rings. The fraction of sp³-hybridized carbons (Fsp3) is 0.769. The van der Waals surface area contributed by atoms with E-state index in [0.29, 0.717) is 23.4 Å². The van der Waals surface area contributed by atoms with Crippen molar-refractivity contribution in [3.05, 3.63) is 16.1 Å². The largest absolute Gasteiger partial charge is 0.330 e. The molecule has 2 rings (SSSR count). The maximum Gasteiger partial charge on any atom is 0.0941 e. The van der Waals surface area contributed by atoms with Crippen molar-refractivity contribution in [2.45, 2.75) is 46.7 Å². The van der Waals surface area contributed by atoms with Crippen LogP contribution in [-0.4, -0.2) is 17.6 Å². The monoisotopic (exact) mass is 253 g/mol. The van der Waals surface area contributed by atoms with E-state index < -0.39 is 0 Å². The number of nitrogens with one attached hydrogen (secondary N) is 1. The molecule has 0 spiro atoms. The number of rotatable bonds is 5. The summed E-state index contributed by atoms with van der Waals surface area (Å²) >= 11 is 1.71. The Bertz CT molecular complexity index is 381. The van der Waals surface area contributed by atoms with E-state index in [9.17, 15) is 0 Å². The van der Waals surface area contributed by atoms with Crippen LogP contribution < -0.4 is 11.1 Å². The molecule has 1 aliphatic rings. The Morgan fingerprint density at radius 2 is 2.00 bits per heavy atom. The van der Waals surface area contributed by atoms with Crippen molar-refractivity contribution in [2.24, 2.45) is 16.6 Å².